The van der Waals surface area contributed by atoms with E-state index in [9.17, 15) is 14.7 Å². The van der Waals surface area contributed by atoms with Gasteiger partial charge >= 0.3 is 0 Å². The van der Waals surface area contributed by atoms with Crippen molar-refractivity contribution in [3.05, 3.63) is 29.5 Å². The first-order chi connectivity index (χ1) is 19.7. The molecule has 1 saturated heterocycles. The molecule has 5 rings (SSSR count). The number of fused-ring (bicyclic) bond motifs is 2. The fourth-order valence-electron chi connectivity index (χ4n) is 5.86. The minimum absolute atomic E-state index is 0.0324. The smallest absolute Gasteiger partial charge is 0.251 e. The van der Waals surface area contributed by atoms with E-state index < -0.39 is 6.10 Å². The van der Waals surface area contributed by atoms with Crippen molar-refractivity contribution in [1.29, 1.82) is 0 Å². The number of β-amino-alcohol motifs (C(OH)–C–C–N with tert-alkyl or cyclic N) is 1. The van der Waals surface area contributed by atoms with Gasteiger partial charge in [-0.2, -0.15) is 4.98 Å². The molecule has 0 radical (unpaired) electrons. The summed E-state index contributed by atoms with van der Waals surface area (Å²) in [7, 11) is 3.86. The summed E-state index contributed by atoms with van der Waals surface area (Å²) in [6, 6.07) is 3.36. The number of nitrogens with zero attached hydrogens (tertiary/aromatic N) is 6. The second-order valence-corrected chi connectivity index (χ2v) is 11.4. The van der Waals surface area contributed by atoms with Crippen LogP contribution in [0, 0.1) is 0 Å². The first-order valence-electron chi connectivity index (χ1n) is 14.5. The van der Waals surface area contributed by atoms with Crippen molar-refractivity contribution in [3.63, 3.8) is 0 Å². The summed E-state index contributed by atoms with van der Waals surface area (Å²) in [5.41, 5.74) is 2.70. The summed E-state index contributed by atoms with van der Waals surface area (Å²) in [4.78, 5) is 43.5. The molecule has 3 N–H and O–H groups in total. The van der Waals surface area contributed by atoms with Crippen LogP contribution in [0.1, 0.15) is 43.1 Å². The van der Waals surface area contributed by atoms with E-state index in [0.29, 0.717) is 60.4 Å². The number of aliphatic hydroxyl groups is 1. The first kappa shape index (κ1) is 29.0. The lowest BCUT2D eigenvalue weighted by Crippen LogP contribution is -2.54. The zero-order valence-electron chi connectivity index (χ0n) is 24.7. The quantitative estimate of drug-likeness (QED) is 0.411. The SMILES string of the molecule is CC[C@@H]1C(=O)N(C)c2cnc(Nc3ccc(C(=O)NC[C@@H](O)CN4CCN(C)CC4)c4c3OCC4)nc2N1C(C)C. The van der Waals surface area contributed by atoms with Crippen LogP contribution in [0.5, 0.6) is 5.75 Å². The average Bonchev–Trinajstić information content (AvgIpc) is 3.45. The van der Waals surface area contributed by atoms with Crippen molar-refractivity contribution in [3.8, 4) is 5.75 Å². The van der Waals surface area contributed by atoms with E-state index >= 15 is 0 Å². The van der Waals surface area contributed by atoms with E-state index in [1.54, 1.807) is 30.3 Å². The maximum absolute atomic E-state index is 13.1. The number of carbonyl (C=O) groups is 2. The lowest BCUT2D eigenvalue weighted by molar-refractivity contribution is -0.120. The molecule has 2 aromatic rings. The van der Waals surface area contributed by atoms with Gasteiger partial charge in [-0.1, -0.05) is 6.92 Å². The zero-order valence-corrected chi connectivity index (χ0v) is 24.7. The molecular formula is C29H42N8O4. The van der Waals surface area contributed by atoms with Crippen LogP contribution in [0.25, 0.3) is 0 Å². The molecule has 3 aliphatic rings. The Bertz CT molecular complexity index is 1280. The van der Waals surface area contributed by atoms with Crippen LogP contribution in [0.3, 0.4) is 0 Å². The average molecular weight is 567 g/mol. The summed E-state index contributed by atoms with van der Waals surface area (Å²) in [6.07, 6.45) is 2.31. The maximum atomic E-state index is 13.1. The van der Waals surface area contributed by atoms with Crippen molar-refractivity contribution in [2.24, 2.45) is 0 Å². The largest absolute Gasteiger partial charge is 0.491 e. The second-order valence-electron chi connectivity index (χ2n) is 11.4. The number of anilines is 4. The van der Waals surface area contributed by atoms with Gasteiger partial charge in [0.05, 0.1) is 24.6 Å². The van der Waals surface area contributed by atoms with Gasteiger partial charge in [-0.05, 0) is 39.4 Å². The molecule has 3 aliphatic heterocycles. The number of ether oxygens (including phenoxy) is 1. The third-order valence-corrected chi connectivity index (χ3v) is 8.16. The number of carbonyl (C=O) groups excluding carboxylic acids is 2. The van der Waals surface area contributed by atoms with Gasteiger partial charge in [-0.15, -0.1) is 0 Å². The predicted molar refractivity (Wildman–Crippen MR) is 158 cm³/mol. The molecule has 12 heteroatoms. The summed E-state index contributed by atoms with van der Waals surface area (Å²) < 4.78 is 5.94. The standard InChI is InChI=1S/C29H42N8O4/c1-6-23-28(40)35(5)24-16-31-29(33-26(24)37(23)18(2)3)32-22-8-7-21(20-9-14-41-25(20)22)27(39)30-15-19(38)17-36-12-10-34(4)11-13-36/h7-8,16,18-19,23,38H,6,9-15,17H2,1-5H3,(H,30,39)(H,31,32,33)/t19-,23-/m1/s1. The van der Waals surface area contributed by atoms with E-state index in [1.165, 1.54) is 0 Å². The van der Waals surface area contributed by atoms with Crippen LogP contribution in [0.15, 0.2) is 18.3 Å². The molecule has 4 heterocycles. The fraction of sp³-hybridized carbons (Fsp3) is 0.586. The number of nitrogens with one attached hydrogen (secondary N) is 2. The molecule has 0 aliphatic carbocycles. The van der Waals surface area contributed by atoms with E-state index in [4.69, 9.17) is 9.72 Å². The Hall–Kier alpha value is -3.48. The minimum Gasteiger partial charge on any atom is -0.491 e. The lowest BCUT2D eigenvalue weighted by Gasteiger charge is -2.42. The highest BCUT2D eigenvalue weighted by Gasteiger charge is 2.38. The van der Waals surface area contributed by atoms with Gasteiger partial charge in [-0.25, -0.2) is 4.98 Å². The van der Waals surface area contributed by atoms with Gasteiger partial charge in [0.25, 0.3) is 5.91 Å². The molecule has 41 heavy (non-hydrogen) atoms. The molecule has 2 atom stereocenters. The number of amides is 2. The lowest BCUT2D eigenvalue weighted by atomic mass is 10.0. The number of aromatic nitrogens is 2. The van der Waals surface area contributed by atoms with Crippen molar-refractivity contribution in [1.82, 2.24) is 25.1 Å². The molecule has 2 amide bonds. The Morgan fingerprint density at radius 3 is 2.66 bits per heavy atom. The Kier molecular flexibility index (Phi) is 8.62. The van der Waals surface area contributed by atoms with Gasteiger partial charge in [0.15, 0.2) is 5.82 Å². The second kappa shape index (κ2) is 12.2. The van der Waals surface area contributed by atoms with Gasteiger partial charge in [0.1, 0.15) is 17.5 Å². The van der Waals surface area contributed by atoms with E-state index in [0.717, 1.165) is 31.7 Å². The van der Waals surface area contributed by atoms with Crippen LogP contribution in [-0.2, 0) is 11.2 Å². The molecule has 0 saturated carbocycles. The maximum Gasteiger partial charge on any atom is 0.251 e. The number of rotatable bonds is 9. The minimum atomic E-state index is -0.638. The summed E-state index contributed by atoms with van der Waals surface area (Å²) in [6.45, 7) is 11.1. The number of likely N-dealkylation sites (N-methyl/N-ethyl adjacent to an activating group) is 2. The van der Waals surface area contributed by atoms with E-state index in [1.807, 2.05) is 6.92 Å². The van der Waals surface area contributed by atoms with E-state index in [-0.39, 0.29) is 30.4 Å². The summed E-state index contributed by atoms with van der Waals surface area (Å²) in [5.74, 6) is 1.50. The van der Waals surface area contributed by atoms with Gasteiger partial charge in [-0.3, -0.25) is 14.5 Å². The molecule has 0 unspecified atom stereocenters. The molecule has 1 aromatic heterocycles. The number of piperazine rings is 1. The third-order valence-electron chi connectivity index (χ3n) is 8.16. The predicted octanol–water partition coefficient (Wildman–Crippen LogP) is 1.46. The van der Waals surface area contributed by atoms with Gasteiger partial charge in [0, 0.05) is 69.9 Å². The number of benzene rings is 1. The van der Waals surface area contributed by atoms with Gasteiger partial charge < -0.3 is 35.2 Å². The Morgan fingerprint density at radius 2 is 1.95 bits per heavy atom. The normalized spacial score (nSPS) is 20.1. The highest BCUT2D eigenvalue weighted by atomic mass is 16.5. The highest BCUT2D eigenvalue weighted by molar-refractivity contribution is 6.04. The molecule has 222 valence electrons. The van der Waals surface area contributed by atoms with Crippen molar-refractivity contribution in [2.75, 3.05) is 75.1 Å². The van der Waals surface area contributed by atoms with Crippen LogP contribution >= 0.6 is 0 Å². The van der Waals surface area contributed by atoms with Crippen molar-refractivity contribution < 1.29 is 19.4 Å². The third kappa shape index (κ3) is 5.95. The molecule has 12 nitrogen and oxygen atoms in total. The summed E-state index contributed by atoms with van der Waals surface area (Å²) >= 11 is 0. The molecule has 0 spiro atoms. The van der Waals surface area contributed by atoms with Crippen LogP contribution in [-0.4, -0.2) is 115 Å². The van der Waals surface area contributed by atoms with Crippen LogP contribution in [0.4, 0.5) is 23.1 Å². The first-order valence-corrected chi connectivity index (χ1v) is 14.5. The van der Waals surface area contributed by atoms with E-state index in [2.05, 4.69) is 51.2 Å². The van der Waals surface area contributed by atoms with Crippen molar-refractivity contribution >= 4 is 35.0 Å². The van der Waals surface area contributed by atoms with Gasteiger partial charge in [0.2, 0.25) is 11.9 Å². The molecule has 1 aromatic carbocycles. The number of aliphatic hydroxyl groups excluding tert-OH is 1. The van der Waals surface area contributed by atoms with Crippen LogP contribution < -0.4 is 25.2 Å². The molecule has 0 bridgehead atoms. The Labute approximate surface area is 241 Å². The zero-order chi connectivity index (χ0) is 29.3. The topological polar surface area (TPSA) is 126 Å². The number of hydrogen-bond donors (Lipinski definition) is 3. The Balaban J connectivity index is 1.30. The van der Waals surface area contributed by atoms with Crippen molar-refractivity contribution in [2.45, 2.75) is 51.8 Å². The number of hydrogen-bond acceptors (Lipinski definition) is 10. The fourth-order valence-corrected chi connectivity index (χ4v) is 5.86. The highest BCUT2D eigenvalue weighted by Crippen LogP contribution is 2.39. The van der Waals surface area contributed by atoms with Crippen LogP contribution in [0.2, 0.25) is 0 Å². The molecular weight excluding hydrogens is 524 g/mol. The molecule has 1 fully saturated rings. The summed E-state index contributed by atoms with van der Waals surface area (Å²) in [5, 5.41) is 16.7. The Morgan fingerprint density at radius 1 is 1.20 bits per heavy atom. The monoisotopic (exact) mass is 566 g/mol.